The van der Waals surface area contributed by atoms with Crippen molar-refractivity contribution < 1.29 is 96.9 Å². The first kappa shape index (κ1) is 20.6. The monoisotopic (exact) mass is 300 g/mol. The number of hydrogen-bond acceptors (Lipinski definition) is 7. The summed E-state index contributed by atoms with van der Waals surface area (Å²) in [6, 6.07) is 0. The Bertz CT molecular complexity index is 274. The van der Waals surface area contributed by atoms with E-state index in [9.17, 15) is 9.36 Å². The van der Waals surface area contributed by atoms with Crippen molar-refractivity contribution in [2.75, 3.05) is 6.61 Å². The van der Waals surface area contributed by atoms with Gasteiger partial charge in [0, 0.05) is 0 Å². The second kappa shape index (κ2) is 9.21. The third-order valence-corrected chi connectivity index (χ3v) is 2.13. The van der Waals surface area contributed by atoms with Crippen LogP contribution in [0.1, 0.15) is 1.43 Å². The zero-order chi connectivity index (χ0) is 12.9. The summed E-state index contributed by atoms with van der Waals surface area (Å²) in [5.41, 5.74) is 0. The van der Waals surface area contributed by atoms with Gasteiger partial charge in [-0.25, -0.2) is 4.57 Å². The number of carbonyl (C=O) groups excluding carboxylic acids is 1. The summed E-state index contributed by atoms with van der Waals surface area (Å²) in [6.07, 6.45) is -7.80. The number of aliphatic hydroxyl groups excluding tert-OH is 4. The fraction of sp³-hybridized carbons (Fsp3) is 0.833. The zero-order valence-electron chi connectivity index (χ0n) is 9.95. The van der Waals surface area contributed by atoms with Gasteiger partial charge < -0.3 is 36.4 Å². The predicted octanol–water partition coefficient (Wildman–Crippen LogP) is -6.15. The van der Waals surface area contributed by atoms with E-state index >= 15 is 0 Å². The van der Waals surface area contributed by atoms with Crippen LogP contribution in [0, 0.1) is 0 Å². The zero-order valence-corrected chi connectivity index (χ0v) is 13.0. The summed E-state index contributed by atoms with van der Waals surface area (Å²) < 4.78 is 14.1. The van der Waals surface area contributed by atoms with Crippen molar-refractivity contribution in [3.05, 3.63) is 0 Å². The van der Waals surface area contributed by atoms with Gasteiger partial charge in [0.2, 0.25) is 0 Å². The van der Waals surface area contributed by atoms with Gasteiger partial charge in [-0.3, -0.25) is 4.52 Å². The average Bonchev–Trinajstić information content (AvgIpc) is 2.21. The molecular weight excluding hydrogens is 286 g/mol. The summed E-state index contributed by atoms with van der Waals surface area (Å²) in [4.78, 5) is 26.6. The molecule has 0 spiro atoms. The number of phosphoric ester groups is 1. The maximum absolute atomic E-state index is 10.2. The molecule has 6 N–H and O–H groups in total. The van der Waals surface area contributed by atoms with Gasteiger partial charge in [0.15, 0.2) is 6.29 Å². The van der Waals surface area contributed by atoms with Crippen molar-refractivity contribution >= 4 is 14.1 Å². The molecule has 0 radical (unpaired) electrons. The molecule has 0 aromatic rings. The van der Waals surface area contributed by atoms with Gasteiger partial charge in [-0.05, 0) is 0 Å². The fourth-order valence-corrected chi connectivity index (χ4v) is 1.13. The van der Waals surface area contributed by atoms with Crippen molar-refractivity contribution in [2.45, 2.75) is 24.4 Å². The quantitative estimate of drug-likeness (QED) is 0.152. The molecule has 98 valence electrons. The maximum atomic E-state index is 10.2. The minimum Gasteiger partial charge on any atom is -1.00 e. The molecule has 0 unspecified atom stereocenters. The van der Waals surface area contributed by atoms with Gasteiger partial charge >= 0.3 is 59.2 Å². The van der Waals surface area contributed by atoms with E-state index in [1.54, 1.807) is 0 Å². The van der Waals surface area contributed by atoms with Crippen LogP contribution in [0.5, 0.6) is 0 Å². The summed E-state index contributed by atoms with van der Waals surface area (Å²) in [5, 5.41) is 36.1. The minimum atomic E-state index is -4.80. The van der Waals surface area contributed by atoms with E-state index in [4.69, 9.17) is 30.2 Å². The summed E-state index contributed by atoms with van der Waals surface area (Å²) >= 11 is 0. The van der Waals surface area contributed by atoms with Crippen molar-refractivity contribution in [3.63, 3.8) is 0 Å². The van der Waals surface area contributed by atoms with Crippen LogP contribution in [-0.4, -0.2) is 67.5 Å². The third kappa shape index (κ3) is 8.89. The van der Waals surface area contributed by atoms with E-state index in [2.05, 4.69) is 4.52 Å². The van der Waals surface area contributed by atoms with Crippen LogP contribution < -0.4 is 51.4 Å². The molecule has 0 amide bonds. The Hall–Kier alpha value is 1.26. The SMILES string of the molecule is O=C[C@H](O)[C@@H](O)[C@H](O)[C@H](O)COP(=O)(O)O.[H-].[K+]. The van der Waals surface area contributed by atoms with Gasteiger partial charge in [0.25, 0.3) is 0 Å². The van der Waals surface area contributed by atoms with E-state index < -0.39 is 38.8 Å². The summed E-state index contributed by atoms with van der Waals surface area (Å²) in [7, 11) is -4.80. The van der Waals surface area contributed by atoms with Crippen LogP contribution in [0.25, 0.3) is 0 Å². The van der Waals surface area contributed by atoms with Crippen LogP contribution in [0.15, 0.2) is 0 Å². The Balaban J connectivity index is -0.00000112. The number of carbonyl (C=O) groups is 1. The minimum absolute atomic E-state index is 0. The Morgan fingerprint density at radius 1 is 1.18 bits per heavy atom. The van der Waals surface area contributed by atoms with E-state index in [0.29, 0.717) is 0 Å². The smallest absolute Gasteiger partial charge is 1.00 e. The molecule has 0 aliphatic rings. The van der Waals surface area contributed by atoms with Gasteiger partial charge in [-0.15, -0.1) is 0 Å². The molecule has 17 heavy (non-hydrogen) atoms. The van der Waals surface area contributed by atoms with Crippen LogP contribution in [0.2, 0.25) is 0 Å². The summed E-state index contributed by atoms with van der Waals surface area (Å²) in [6.45, 7) is -0.964. The Morgan fingerprint density at radius 3 is 2.00 bits per heavy atom. The molecule has 4 atom stereocenters. The molecule has 0 fully saturated rings. The van der Waals surface area contributed by atoms with Crippen LogP contribution >= 0.6 is 7.82 Å². The summed E-state index contributed by atoms with van der Waals surface area (Å²) in [5.74, 6) is 0. The number of phosphoric acid groups is 1. The number of aldehydes is 1. The van der Waals surface area contributed by atoms with Crippen LogP contribution in [0.4, 0.5) is 0 Å². The van der Waals surface area contributed by atoms with Crippen molar-refractivity contribution in [2.24, 2.45) is 0 Å². The van der Waals surface area contributed by atoms with Gasteiger partial charge in [-0.1, -0.05) is 0 Å². The molecule has 0 aliphatic heterocycles. The molecule has 0 saturated carbocycles. The first-order chi connectivity index (χ1) is 7.19. The van der Waals surface area contributed by atoms with Crippen molar-refractivity contribution in [1.29, 1.82) is 0 Å². The first-order valence-corrected chi connectivity index (χ1v) is 5.59. The predicted molar refractivity (Wildman–Crippen MR) is 49.2 cm³/mol. The molecule has 0 heterocycles. The number of aliphatic hydroxyl groups is 4. The Kier molecular flexibility index (Phi) is 11.1. The normalized spacial score (nSPS) is 18.7. The van der Waals surface area contributed by atoms with E-state index in [1.165, 1.54) is 0 Å². The average molecular weight is 300 g/mol. The standard InChI is InChI=1S/C6H13O9P.K.H/c7-1-3(8)5(10)6(11)4(9)2-15-16(12,13)14;;/h1,3-6,8-11H,2H2,(H2,12,13,14);;/q;+1;-1/t3-,4+,5+,6+;;/m0../s1. The van der Waals surface area contributed by atoms with Crippen molar-refractivity contribution in [3.8, 4) is 0 Å². The molecule has 0 saturated heterocycles. The largest absolute Gasteiger partial charge is 1.00 e. The van der Waals surface area contributed by atoms with Gasteiger partial charge in [-0.2, -0.15) is 0 Å². The van der Waals surface area contributed by atoms with E-state index in [1.807, 2.05) is 0 Å². The second-order valence-electron chi connectivity index (χ2n) is 2.96. The van der Waals surface area contributed by atoms with E-state index in [-0.39, 0.29) is 59.1 Å². The Morgan fingerprint density at radius 2 is 1.65 bits per heavy atom. The van der Waals surface area contributed by atoms with Crippen LogP contribution in [0.3, 0.4) is 0 Å². The second-order valence-corrected chi connectivity index (χ2v) is 4.20. The number of rotatable bonds is 7. The fourth-order valence-electron chi connectivity index (χ4n) is 0.782. The van der Waals surface area contributed by atoms with Crippen LogP contribution in [-0.2, 0) is 13.9 Å². The maximum Gasteiger partial charge on any atom is 1.00 e. The van der Waals surface area contributed by atoms with Gasteiger partial charge in [0.1, 0.15) is 24.4 Å². The van der Waals surface area contributed by atoms with E-state index in [0.717, 1.165) is 0 Å². The molecule has 9 nitrogen and oxygen atoms in total. The van der Waals surface area contributed by atoms with Gasteiger partial charge in [0.05, 0.1) is 6.61 Å². The number of hydrogen-bond donors (Lipinski definition) is 6. The molecule has 0 bridgehead atoms. The molecule has 0 aliphatic carbocycles. The molecule has 0 rings (SSSR count). The molecule has 0 aromatic heterocycles. The molecule has 0 aromatic carbocycles. The van der Waals surface area contributed by atoms with Crippen molar-refractivity contribution in [1.82, 2.24) is 0 Å². The molecule has 11 heteroatoms. The topological polar surface area (TPSA) is 165 Å². The Labute approximate surface area is 141 Å². The third-order valence-electron chi connectivity index (χ3n) is 1.65. The molecular formula is C6H14KO9P. The first-order valence-electron chi connectivity index (χ1n) is 4.06.